The zero-order valence-corrected chi connectivity index (χ0v) is 8.55. The van der Waals surface area contributed by atoms with Gasteiger partial charge in [0.25, 0.3) is 0 Å². The molecule has 72 valence electrons. The number of thioether (sulfide) groups is 1. The lowest BCUT2D eigenvalue weighted by atomic mass is 10.1. The molecule has 2 aliphatic heterocycles. The third kappa shape index (κ3) is 1.35. The Bertz CT molecular complexity index is 379. The molecule has 0 aromatic heterocycles. The third-order valence-electron chi connectivity index (χ3n) is 2.48. The summed E-state index contributed by atoms with van der Waals surface area (Å²) in [4.78, 5) is 10.5. The van der Waals surface area contributed by atoms with Crippen LogP contribution in [0.4, 0.5) is 0 Å². The average molecular weight is 205 g/mol. The molecular weight excluding hydrogens is 194 g/mol. The molecule has 0 amide bonds. The Balaban J connectivity index is 1.99. The predicted molar refractivity (Wildman–Crippen MR) is 61.0 cm³/mol. The summed E-state index contributed by atoms with van der Waals surface area (Å²) in [5.74, 6) is 0. The summed E-state index contributed by atoms with van der Waals surface area (Å²) < 4.78 is 0. The van der Waals surface area contributed by atoms with E-state index in [0.717, 1.165) is 30.4 Å². The van der Waals surface area contributed by atoms with Gasteiger partial charge in [0.05, 0.1) is 18.4 Å². The Labute approximate surface area is 87.1 Å². The van der Waals surface area contributed by atoms with Gasteiger partial charge in [-0.15, -0.1) is 0 Å². The van der Waals surface area contributed by atoms with Crippen molar-refractivity contribution in [1.82, 2.24) is 5.32 Å². The third-order valence-corrected chi connectivity index (χ3v) is 3.69. The van der Waals surface area contributed by atoms with Crippen LogP contribution in [0.5, 0.6) is 0 Å². The number of fused-ring (bicyclic) bond motifs is 2. The predicted octanol–water partition coefficient (Wildman–Crippen LogP) is 1.35. The molecule has 0 saturated carbocycles. The van der Waals surface area contributed by atoms with Crippen LogP contribution in [0.1, 0.15) is 6.42 Å². The molecule has 0 saturated heterocycles. The summed E-state index contributed by atoms with van der Waals surface area (Å²) in [6.45, 7) is 1.61. The van der Waals surface area contributed by atoms with Gasteiger partial charge in [0.1, 0.15) is 5.04 Å². The molecule has 2 heterocycles. The van der Waals surface area contributed by atoms with Gasteiger partial charge < -0.3 is 0 Å². The summed E-state index contributed by atoms with van der Waals surface area (Å²) in [7, 11) is 0. The second-order valence-electron chi connectivity index (χ2n) is 3.47. The van der Waals surface area contributed by atoms with E-state index in [1.807, 2.05) is 0 Å². The van der Waals surface area contributed by atoms with Gasteiger partial charge in [0, 0.05) is 11.4 Å². The summed E-state index contributed by atoms with van der Waals surface area (Å²) in [6, 6.07) is 0.360. The molecule has 0 aromatic carbocycles. The van der Waals surface area contributed by atoms with Crippen LogP contribution >= 0.6 is 11.8 Å². The average Bonchev–Trinajstić information content (AvgIpc) is 2.26. The van der Waals surface area contributed by atoms with E-state index in [1.165, 1.54) is 4.91 Å². The molecule has 4 heteroatoms. The number of hydrogen-bond acceptors (Lipinski definition) is 4. The van der Waals surface area contributed by atoms with E-state index >= 15 is 0 Å². The lowest BCUT2D eigenvalue weighted by Gasteiger charge is -2.27. The quantitative estimate of drug-likeness (QED) is 0.648. The fourth-order valence-electron chi connectivity index (χ4n) is 1.78. The van der Waals surface area contributed by atoms with Crippen LogP contribution in [-0.2, 0) is 0 Å². The number of nitrogens with one attached hydrogen (secondary N) is 1. The fourth-order valence-corrected chi connectivity index (χ4v) is 2.80. The van der Waals surface area contributed by atoms with Crippen LogP contribution in [0.3, 0.4) is 0 Å². The first-order valence-corrected chi connectivity index (χ1v) is 5.62. The van der Waals surface area contributed by atoms with Crippen LogP contribution in [0.15, 0.2) is 33.1 Å². The smallest absolute Gasteiger partial charge is 0.119 e. The van der Waals surface area contributed by atoms with Gasteiger partial charge in [0.2, 0.25) is 0 Å². The molecule has 3 aliphatic rings. The molecule has 1 atom stereocenters. The summed E-state index contributed by atoms with van der Waals surface area (Å²) in [5, 5.41) is 4.32. The maximum atomic E-state index is 4.71. The van der Waals surface area contributed by atoms with E-state index in [9.17, 15) is 0 Å². The summed E-state index contributed by atoms with van der Waals surface area (Å²) in [6.07, 6.45) is 7.48. The minimum atomic E-state index is 0.360. The Hall–Kier alpha value is -0.870. The number of nitrogens with zero attached hydrogens (tertiary/aromatic N) is 2. The van der Waals surface area contributed by atoms with Crippen LogP contribution < -0.4 is 5.32 Å². The zero-order chi connectivity index (χ0) is 9.38. The topological polar surface area (TPSA) is 36.8 Å². The Morgan fingerprint density at radius 3 is 3.50 bits per heavy atom. The first kappa shape index (κ1) is 8.44. The van der Waals surface area contributed by atoms with Crippen molar-refractivity contribution >= 4 is 22.5 Å². The van der Waals surface area contributed by atoms with Crippen molar-refractivity contribution < 1.29 is 0 Å². The van der Waals surface area contributed by atoms with Crippen molar-refractivity contribution in [3.8, 4) is 0 Å². The number of hydrogen-bond donors (Lipinski definition) is 1. The molecule has 3 rings (SSSR count). The Morgan fingerprint density at radius 2 is 2.50 bits per heavy atom. The molecule has 0 fully saturated rings. The lowest BCUT2D eigenvalue weighted by Crippen LogP contribution is -2.37. The number of rotatable bonds is 0. The number of allylic oxidation sites excluding steroid dienone is 2. The Kier molecular flexibility index (Phi) is 2.03. The van der Waals surface area contributed by atoms with E-state index in [4.69, 9.17) is 4.99 Å². The van der Waals surface area contributed by atoms with Crippen molar-refractivity contribution in [3.63, 3.8) is 0 Å². The van der Waals surface area contributed by atoms with Gasteiger partial charge in [0.15, 0.2) is 0 Å². The highest BCUT2D eigenvalue weighted by Gasteiger charge is 2.26. The Morgan fingerprint density at radius 1 is 1.50 bits per heavy atom. The molecule has 1 unspecified atom stereocenters. The largest absolute Gasteiger partial charge is 0.293 e. The zero-order valence-electron chi connectivity index (χ0n) is 7.73. The van der Waals surface area contributed by atoms with Crippen molar-refractivity contribution in [2.24, 2.45) is 9.98 Å². The minimum Gasteiger partial charge on any atom is -0.293 e. The van der Waals surface area contributed by atoms with Crippen LogP contribution in [-0.4, -0.2) is 30.0 Å². The molecule has 0 spiro atoms. The number of aliphatic imine (C=N–C) groups is 2. The minimum absolute atomic E-state index is 0.360. The van der Waals surface area contributed by atoms with Crippen LogP contribution in [0, 0.1) is 0 Å². The highest BCUT2D eigenvalue weighted by Crippen LogP contribution is 2.33. The molecule has 0 radical (unpaired) electrons. The lowest BCUT2D eigenvalue weighted by molar-refractivity contribution is 0.762. The summed E-state index contributed by atoms with van der Waals surface area (Å²) >= 11 is 1.79. The van der Waals surface area contributed by atoms with Crippen molar-refractivity contribution in [2.75, 3.05) is 13.2 Å². The van der Waals surface area contributed by atoms with Gasteiger partial charge in [-0.2, -0.15) is 0 Å². The normalized spacial score (nSPS) is 29.7. The molecule has 14 heavy (non-hydrogen) atoms. The van der Waals surface area contributed by atoms with E-state index in [-0.39, 0.29) is 0 Å². The standard InChI is InChI=1S/C10H11N3S/c1-2-4-9-7(3-1)13-8-5-11-6-12-10(8)14-9/h1-2,4,7,11H,3,5-6H2. The van der Waals surface area contributed by atoms with E-state index in [2.05, 4.69) is 28.5 Å². The van der Waals surface area contributed by atoms with Crippen molar-refractivity contribution in [2.45, 2.75) is 12.5 Å². The van der Waals surface area contributed by atoms with E-state index < -0.39 is 0 Å². The summed E-state index contributed by atoms with van der Waals surface area (Å²) in [5.41, 5.74) is 1.14. The highest BCUT2D eigenvalue weighted by molar-refractivity contribution is 8.19. The molecular formula is C10H11N3S. The van der Waals surface area contributed by atoms with Gasteiger partial charge >= 0.3 is 0 Å². The highest BCUT2D eigenvalue weighted by atomic mass is 32.2. The van der Waals surface area contributed by atoms with Gasteiger partial charge in [-0.3, -0.25) is 15.3 Å². The second-order valence-corrected chi connectivity index (χ2v) is 4.54. The van der Waals surface area contributed by atoms with Gasteiger partial charge in [-0.1, -0.05) is 30.0 Å². The van der Waals surface area contributed by atoms with Gasteiger partial charge in [-0.25, -0.2) is 0 Å². The molecule has 3 nitrogen and oxygen atoms in total. The maximum Gasteiger partial charge on any atom is 0.119 e. The molecule has 0 bridgehead atoms. The van der Waals surface area contributed by atoms with Crippen molar-refractivity contribution in [1.29, 1.82) is 0 Å². The van der Waals surface area contributed by atoms with Crippen molar-refractivity contribution in [3.05, 3.63) is 23.1 Å². The molecule has 1 N–H and O–H groups in total. The SMILES string of the molecule is C1=CCC2N=C3CNCN=C3SC2=C1. The monoisotopic (exact) mass is 205 g/mol. The molecule has 0 aromatic rings. The fraction of sp³-hybridized carbons (Fsp3) is 0.400. The van der Waals surface area contributed by atoms with E-state index in [1.54, 1.807) is 11.8 Å². The first-order valence-electron chi connectivity index (χ1n) is 4.80. The molecule has 1 aliphatic carbocycles. The van der Waals surface area contributed by atoms with Crippen LogP contribution in [0.25, 0.3) is 0 Å². The second kappa shape index (κ2) is 3.37. The maximum absolute atomic E-state index is 4.71. The van der Waals surface area contributed by atoms with Gasteiger partial charge in [-0.05, 0) is 6.42 Å². The first-order chi connectivity index (χ1) is 6.93. The van der Waals surface area contributed by atoms with Crippen LogP contribution in [0.2, 0.25) is 0 Å². The van der Waals surface area contributed by atoms with E-state index in [0.29, 0.717) is 6.04 Å².